The van der Waals surface area contributed by atoms with E-state index in [9.17, 15) is 18.3 Å². The van der Waals surface area contributed by atoms with E-state index in [1.165, 1.54) is 31.6 Å². The minimum absolute atomic E-state index is 0.0131. The molecule has 0 aliphatic carbocycles. The lowest BCUT2D eigenvalue weighted by Crippen LogP contribution is -2.55. The first kappa shape index (κ1) is 22.4. The normalized spacial score (nSPS) is 23.7. The number of nitrogens with zero attached hydrogens (tertiary/aromatic N) is 4. The molecule has 2 fully saturated rings. The van der Waals surface area contributed by atoms with Crippen molar-refractivity contribution in [3.8, 4) is 34.0 Å². The molecule has 3 aromatic rings. The molecule has 2 aliphatic rings. The average Bonchev–Trinajstić information content (AvgIpc) is 3.25. The van der Waals surface area contributed by atoms with Gasteiger partial charge in [-0.3, -0.25) is 4.98 Å². The van der Waals surface area contributed by atoms with E-state index in [-0.39, 0.29) is 46.1 Å². The Hall–Kier alpha value is -3.40. The molecular weight excluding hydrogens is 447 g/mol. The fourth-order valence-electron chi connectivity index (χ4n) is 4.88. The monoisotopic (exact) mass is 471 g/mol. The van der Waals surface area contributed by atoms with Gasteiger partial charge in [-0.15, -0.1) is 0 Å². The van der Waals surface area contributed by atoms with Crippen molar-refractivity contribution >= 4 is 5.82 Å². The number of aromatic hydroxyl groups is 1. The van der Waals surface area contributed by atoms with Crippen LogP contribution >= 0.6 is 0 Å². The van der Waals surface area contributed by atoms with Crippen LogP contribution in [0.4, 0.5) is 19.0 Å². The van der Waals surface area contributed by atoms with E-state index in [0.29, 0.717) is 18.3 Å². The second-order valence-electron chi connectivity index (χ2n) is 8.74. The van der Waals surface area contributed by atoms with Crippen molar-refractivity contribution in [3.05, 3.63) is 48.4 Å². The number of alkyl halides is 1. The molecule has 1 aromatic carbocycles. The van der Waals surface area contributed by atoms with Gasteiger partial charge in [-0.25, -0.2) is 13.8 Å². The minimum Gasteiger partial charge on any atom is -0.507 e. The number of hydrogen-bond acceptors (Lipinski definition) is 7. The number of pyridine rings is 1. The molecule has 2 N–H and O–H groups in total. The van der Waals surface area contributed by atoms with Crippen LogP contribution in [-0.2, 0) is 0 Å². The fourth-order valence-corrected chi connectivity index (χ4v) is 4.88. The number of hydrogen-bond donors (Lipinski definition) is 2. The molecule has 34 heavy (non-hydrogen) atoms. The van der Waals surface area contributed by atoms with Gasteiger partial charge in [0.05, 0.1) is 31.2 Å². The first-order chi connectivity index (χ1) is 16.3. The summed E-state index contributed by atoms with van der Waals surface area (Å²) in [5.74, 6) is -1.29. The van der Waals surface area contributed by atoms with Crippen molar-refractivity contribution in [2.75, 3.05) is 19.1 Å². The number of phenols is 1. The summed E-state index contributed by atoms with van der Waals surface area (Å²) >= 11 is 0. The van der Waals surface area contributed by atoms with Crippen LogP contribution in [0.3, 0.4) is 0 Å². The van der Waals surface area contributed by atoms with Crippen LogP contribution in [0.1, 0.15) is 19.3 Å². The maximum absolute atomic E-state index is 14.9. The van der Waals surface area contributed by atoms with Gasteiger partial charge in [0, 0.05) is 42.4 Å². The van der Waals surface area contributed by atoms with Gasteiger partial charge in [-0.05, 0) is 37.0 Å². The second kappa shape index (κ2) is 8.75. The second-order valence-corrected chi connectivity index (χ2v) is 8.74. The van der Waals surface area contributed by atoms with Gasteiger partial charge in [0.1, 0.15) is 23.6 Å². The van der Waals surface area contributed by atoms with Crippen LogP contribution in [0.2, 0.25) is 0 Å². The van der Waals surface area contributed by atoms with E-state index in [2.05, 4.69) is 20.3 Å². The molecule has 4 atom stereocenters. The van der Waals surface area contributed by atoms with Crippen molar-refractivity contribution in [3.63, 3.8) is 0 Å². The third kappa shape index (κ3) is 4.02. The Kier molecular flexibility index (Phi) is 5.76. The predicted octanol–water partition coefficient (Wildman–Crippen LogP) is 3.87. The number of piperidine rings is 1. The van der Waals surface area contributed by atoms with Crippen molar-refractivity contribution in [2.24, 2.45) is 0 Å². The molecule has 7 nitrogen and oxygen atoms in total. The van der Waals surface area contributed by atoms with Gasteiger partial charge < -0.3 is 20.1 Å². The van der Waals surface area contributed by atoms with E-state index in [1.54, 1.807) is 11.9 Å². The summed E-state index contributed by atoms with van der Waals surface area (Å²) in [6, 6.07) is 4.60. The summed E-state index contributed by atoms with van der Waals surface area (Å²) in [6.07, 6.45) is 4.39. The van der Waals surface area contributed by atoms with Gasteiger partial charge in [0.15, 0.2) is 0 Å². The smallest absolute Gasteiger partial charge is 0.216 e. The number of phenolic OH excluding ortho intramolecular Hbond substituents is 1. The molecule has 0 saturated carbocycles. The molecule has 2 unspecified atom stereocenters. The van der Waals surface area contributed by atoms with Gasteiger partial charge in [-0.1, -0.05) is 0 Å². The Balaban J connectivity index is 1.40. The summed E-state index contributed by atoms with van der Waals surface area (Å²) < 4.78 is 48.5. The van der Waals surface area contributed by atoms with Crippen molar-refractivity contribution in [1.29, 1.82) is 0 Å². The summed E-state index contributed by atoms with van der Waals surface area (Å²) in [4.78, 5) is 14.1. The molecule has 178 valence electrons. The van der Waals surface area contributed by atoms with Crippen LogP contribution in [-0.4, -0.2) is 58.5 Å². The Labute approximate surface area is 194 Å². The fraction of sp³-hybridized carbons (Fsp3) is 0.375. The largest absolute Gasteiger partial charge is 0.507 e. The van der Waals surface area contributed by atoms with Crippen molar-refractivity contribution in [2.45, 2.75) is 43.6 Å². The standard InChI is InChI=1S/C24H24F3N5O2/c1-32(19-7-13-3-4-17(30-13)24(19)27)22-11-28-18(10-29-22)15-8-16(25)14(9-20(15)33)12-5-21(26)31-23(6-12)34-2/h5-6,8-11,13,17,19,24,30,33H,3-4,7H2,1-2H3/t13?,17?,19-,24+/m0/s1. The molecule has 10 heteroatoms. The molecule has 5 rings (SSSR count). The van der Waals surface area contributed by atoms with Crippen LogP contribution in [0.15, 0.2) is 36.7 Å². The van der Waals surface area contributed by atoms with E-state index in [0.717, 1.165) is 25.0 Å². The Bertz CT molecular complexity index is 1210. The molecule has 2 aromatic heterocycles. The SMILES string of the molecule is COc1cc(-c2cc(O)c(-c3cnc(N(C)[C@H]4CC5CCC(N5)[C@H]4F)cn3)cc2F)cc(F)n1. The molecule has 2 bridgehead atoms. The number of benzene rings is 1. The van der Waals surface area contributed by atoms with E-state index in [4.69, 9.17) is 4.74 Å². The number of methoxy groups -OCH3 is 1. The van der Waals surface area contributed by atoms with E-state index in [1.807, 2.05) is 0 Å². The summed E-state index contributed by atoms with van der Waals surface area (Å²) in [5, 5.41) is 13.9. The predicted molar refractivity (Wildman–Crippen MR) is 120 cm³/mol. The van der Waals surface area contributed by atoms with Crippen molar-refractivity contribution < 1.29 is 23.0 Å². The first-order valence-electron chi connectivity index (χ1n) is 11.0. The highest BCUT2D eigenvalue weighted by Gasteiger charge is 2.43. The van der Waals surface area contributed by atoms with Crippen LogP contribution in [0.5, 0.6) is 11.6 Å². The maximum Gasteiger partial charge on any atom is 0.216 e. The Morgan fingerprint density at radius 1 is 1.09 bits per heavy atom. The number of anilines is 1. The van der Waals surface area contributed by atoms with Crippen LogP contribution in [0, 0.1) is 11.8 Å². The average molecular weight is 471 g/mol. The van der Waals surface area contributed by atoms with E-state index < -0.39 is 17.9 Å². The summed E-state index contributed by atoms with van der Waals surface area (Å²) in [6.45, 7) is 0. The van der Waals surface area contributed by atoms with Gasteiger partial charge in [-0.2, -0.15) is 9.37 Å². The van der Waals surface area contributed by atoms with E-state index >= 15 is 0 Å². The summed E-state index contributed by atoms with van der Waals surface area (Å²) in [7, 11) is 3.12. The number of halogens is 3. The zero-order chi connectivity index (χ0) is 24.0. The number of ether oxygens (including phenoxy) is 1. The maximum atomic E-state index is 14.9. The molecule has 2 saturated heterocycles. The van der Waals surface area contributed by atoms with Crippen molar-refractivity contribution in [1.82, 2.24) is 20.3 Å². The first-order valence-corrected chi connectivity index (χ1v) is 11.0. The number of nitrogens with one attached hydrogen (secondary N) is 1. The lowest BCUT2D eigenvalue weighted by molar-refractivity contribution is 0.176. The highest BCUT2D eigenvalue weighted by Crippen LogP contribution is 2.37. The zero-order valence-electron chi connectivity index (χ0n) is 18.7. The summed E-state index contributed by atoms with van der Waals surface area (Å²) in [5.41, 5.74) is 0.539. The molecule has 2 aliphatic heterocycles. The molecular formula is C24H24F3N5O2. The highest BCUT2D eigenvalue weighted by atomic mass is 19.1. The number of fused-ring (bicyclic) bond motifs is 2. The number of rotatable bonds is 5. The van der Waals surface area contributed by atoms with Crippen LogP contribution in [0.25, 0.3) is 22.4 Å². The molecule has 0 spiro atoms. The molecule has 4 heterocycles. The van der Waals surface area contributed by atoms with Gasteiger partial charge in [0.2, 0.25) is 11.8 Å². The minimum atomic E-state index is -1.01. The topological polar surface area (TPSA) is 83.4 Å². The highest BCUT2D eigenvalue weighted by molar-refractivity contribution is 5.75. The third-order valence-corrected chi connectivity index (χ3v) is 6.70. The van der Waals surface area contributed by atoms with Gasteiger partial charge in [0.25, 0.3) is 0 Å². The molecule has 0 radical (unpaired) electrons. The Morgan fingerprint density at radius 3 is 2.65 bits per heavy atom. The molecule has 0 amide bonds. The lowest BCUT2D eigenvalue weighted by Gasteiger charge is -2.38. The van der Waals surface area contributed by atoms with Crippen LogP contribution < -0.4 is 15.0 Å². The van der Waals surface area contributed by atoms with Gasteiger partial charge >= 0.3 is 0 Å². The quantitative estimate of drug-likeness (QED) is 0.547. The third-order valence-electron chi connectivity index (χ3n) is 6.70. The zero-order valence-corrected chi connectivity index (χ0v) is 18.7. The Morgan fingerprint density at radius 2 is 1.91 bits per heavy atom. The number of aromatic nitrogens is 3. The lowest BCUT2D eigenvalue weighted by atomic mass is 9.96.